The molecule has 0 spiro atoms. The summed E-state index contributed by atoms with van der Waals surface area (Å²) < 4.78 is 1.73. The molecular formula is C15H17ClN6O. The number of amides is 1. The molecule has 0 atom stereocenters. The van der Waals surface area contributed by atoms with Crippen LogP contribution < -0.4 is 10.2 Å². The Bertz CT molecular complexity index is 866. The molecule has 3 aromatic rings. The van der Waals surface area contributed by atoms with Gasteiger partial charge in [0.2, 0.25) is 5.95 Å². The third kappa shape index (κ3) is 3.00. The van der Waals surface area contributed by atoms with E-state index in [1.54, 1.807) is 29.9 Å². The van der Waals surface area contributed by atoms with Crippen molar-refractivity contribution in [3.63, 3.8) is 0 Å². The molecule has 3 rings (SSSR count). The van der Waals surface area contributed by atoms with E-state index in [0.717, 1.165) is 17.0 Å². The first-order chi connectivity index (χ1) is 11.0. The molecule has 7 nitrogen and oxygen atoms in total. The second kappa shape index (κ2) is 5.92. The van der Waals surface area contributed by atoms with Gasteiger partial charge in [0.1, 0.15) is 11.0 Å². The summed E-state index contributed by atoms with van der Waals surface area (Å²) in [5.41, 5.74) is 2.20. The number of halogens is 1. The van der Waals surface area contributed by atoms with E-state index >= 15 is 0 Å². The van der Waals surface area contributed by atoms with Crippen molar-refractivity contribution in [1.29, 1.82) is 0 Å². The van der Waals surface area contributed by atoms with Crippen molar-refractivity contribution in [2.24, 2.45) is 7.05 Å². The summed E-state index contributed by atoms with van der Waals surface area (Å²) in [5, 5.41) is 3.37. The number of hydrogen-bond donors (Lipinski definition) is 2. The largest absolute Gasteiger partial charge is 0.349 e. The lowest BCUT2D eigenvalue weighted by Gasteiger charge is -2.06. The van der Waals surface area contributed by atoms with Crippen molar-refractivity contribution < 1.29 is 4.79 Å². The third-order valence-electron chi connectivity index (χ3n) is 3.59. The maximum atomic E-state index is 12.3. The molecular weight excluding hydrogens is 316 g/mol. The van der Waals surface area contributed by atoms with Gasteiger partial charge >= 0.3 is 0 Å². The third-order valence-corrected chi connectivity index (χ3v) is 3.94. The Morgan fingerprint density at radius 1 is 1.43 bits per heavy atom. The van der Waals surface area contributed by atoms with Crippen LogP contribution in [0.15, 0.2) is 24.4 Å². The number of benzene rings is 1. The highest BCUT2D eigenvalue weighted by atomic mass is 35.5. The predicted octanol–water partition coefficient (Wildman–Crippen LogP) is 1.95. The van der Waals surface area contributed by atoms with Crippen LogP contribution in [-0.2, 0) is 13.6 Å². The molecule has 0 aliphatic rings. The van der Waals surface area contributed by atoms with Gasteiger partial charge in [-0.25, -0.2) is 9.97 Å². The fourth-order valence-corrected chi connectivity index (χ4v) is 2.35. The number of imidazole rings is 2. The van der Waals surface area contributed by atoms with Crippen molar-refractivity contribution in [3.8, 4) is 0 Å². The second-order valence-electron chi connectivity index (χ2n) is 5.43. The number of rotatable bonds is 4. The number of aromatic amines is 1. The zero-order valence-corrected chi connectivity index (χ0v) is 13.8. The summed E-state index contributed by atoms with van der Waals surface area (Å²) in [7, 11) is 5.61. The molecule has 0 unspecified atom stereocenters. The SMILES string of the molecule is CN(C)c1nc2ccc(C(=O)NCc3ncc(Cl)n3C)cc2[nH]1. The van der Waals surface area contributed by atoms with Crippen molar-refractivity contribution >= 4 is 34.5 Å². The minimum atomic E-state index is -0.174. The molecule has 2 N–H and O–H groups in total. The van der Waals surface area contributed by atoms with Crippen LogP contribution in [0.25, 0.3) is 11.0 Å². The molecule has 1 amide bonds. The van der Waals surface area contributed by atoms with Crippen molar-refractivity contribution in [2.75, 3.05) is 19.0 Å². The van der Waals surface area contributed by atoms with Gasteiger partial charge in [0.25, 0.3) is 5.91 Å². The lowest BCUT2D eigenvalue weighted by molar-refractivity contribution is 0.0949. The van der Waals surface area contributed by atoms with E-state index in [-0.39, 0.29) is 5.91 Å². The molecule has 0 aliphatic carbocycles. The summed E-state index contributed by atoms with van der Waals surface area (Å²) in [5.74, 6) is 1.27. The molecule has 0 bridgehead atoms. The first-order valence-electron chi connectivity index (χ1n) is 7.07. The van der Waals surface area contributed by atoms with E-state index in [9.17, 15) is 4.79 Å². The first-order valence-corrected chi connectivity index (χ1v) is 7.45. The number of H-pyrrole nitrogens is 1. The van der Waals surface area contributed by atoms with Gasteiger partial charge in [0, 0.05) is 26.7 Å². The van der Waals surface area contributed by atoms with Gasteiger partial charge < -0.3 is 19.8 Å². The highest BCUT2D eigenvalue weighted by Crippen LogP contribution is 2.17. The lowest BCUT2D eigenvalue weighted by Crippen LogP contribution is -2.24. The molecule has 0 aliphatic heterocycles. The molecule has 0 saturated carbocycles. The average Bonchev–Trinajstić information content (AvgIpc) is 3.09. The predicted molar refractivity (Wildman–Crippen MR) is 89.8 cm³/mol. The Morgan fingerprint density at radius 3 is 2.87 bits per heavy atom. The van der Waals surface area contributed by atoms with Crippen LogP contribution in [0.1, 0.15) is 16.2 Å². The molecule has 0 fully saturated rings. The number of hydrogen-bond acceptors (Lipinski definition) is 4. The van der Waals surface area contributed by atoms with Crippen molar-refractivity contribution in [1.82, 2.24) is 24.8 Å². The summed E-state index contributed by atoms with van der Waals surface area (Å²) >= 11 is 5.93. The van der Waals surface area contributed by atoms with E-state index in [2.05, 4.69) is 20.3 Å². The summed E-state index contributed by atoms with van der Waals surface area (Å²) in [4.78, 5) is 25.9. The number of nitrogens with one attached hydrogen (secondary N) is 2. The van der Waals surface area contributed by atoms with Crippen LogP contribution in [0.5, 0.6) is 0 Å². The molecule has 2 heterocycles. The molecule has 120 valence electrons. The number of carbonyl (C=O) groups is 1. The standard InChI is InChI=1S/C15H17ClN6O/c1-21(2)15-19-10-5-4-9(6-11(10)20-15)14(23)18-8-13-17-7-12(16)22(13)3/h4-7H,8H2,1-3H3,(H,18,23)(H,19,20). The van der Waals surface area contributed by atoms with E-state index in [4.69, 9.17) is 11.6 Å². The van der Waals surface area contributed by atoms with E-state index in [0.29, 0.717) is 23.1 Å². The molecule has 23 heavy (non-hydrogen) atoms. The van der Waals surface area contributed by atoms with E-state index in [1.165, 1.54) is 0 Å². The van der Waals surface area contributed by atoms with E-state index < -0.39 is 0 Å². The normalized spacial score (nSPS) is 11.0. The zero-order valence-electron chi connectivity index (χ0n) is 13.1. The number of carbonyl (C=O) groups excluding carboxylic acids is 1. The number of fused-ring (bicyclic) bond motifs is 1. The van der Waals surface area contributed by atoms with Crippen molar-refractivity contribution in [2.45, 2.75) is 6.54 Å². The van der Waals surface area contributed by atoms with Crippen LogP contribution in [-0.4, -0.2) is 39.5 Å². The van der Waals surface area contributed by atoms with Gasteiger partial charge in [-0.3, -0.25) is 4.79 Å². The number of anilines is 1. The Hall–Kier alpha value is -2.54. The number of nitrogens with zero attached hydrogens (tertiary/aromatic N) is 4. The smallest absolute Gasteiger partial charge is 0.251 e. The first kappa shape index (κ1) is 15.4. The molecule has 0 saturated heterocycles. The topological polar surface area (TPSA) is 78.8 Å². The molecule has 2 aromatic heterocycles. The van der Waals surface area contributed by atoms with Gasteiger partial charge in [-0.1, -0.05) is 11.6 Å². The Balaban J connectivity index is 1.76. The van der Waals surface area contributed by atoms with Crippen LogP contribution in [0.2, 0.25) is 5.15 Å². The van der Waals surface area contributed by atoms with Crippen molar-refractivity contribution in [3.05, 3.63) is 40.9 Å². The van der Waals surface area contributed by atoms with Crippen LogP contribution >= 0.6 is 11.6 Å². The Morgan fingerprint density at radius 2 is 2.22 bits per heavy atom. The summed E-state index contributed by atoms with van der Waals surface area (Å²) in [6, 6.07) is 5.37. The Kier molecular flexibility index (Phi) is 3.96. The van der Waals surface area contributed by atoms with Gasteiger partial charge in [0.05, 0.1) is 23.8 Å². The van der Waals surface area contributed by atoms with Crippen LogP contribution in [0.4, 0.5) is 5.95 Å². The molecule has 8 heteroatoms. The zero-order chi connectivity index (χ0) is 16.6. The van der Waals surface area contributed by atoms with Gasteiger partial charge in [-0.2, -0.15) is 0 Å². The minimum Gasteiger partial charge on any atom is -0.349 e. The minimum absolute atomic E-state index is 0.174. The maximum Gasteiger partial charge on any atom is 0.251 e. The second-order valence-corrected chi connectivity index (χ2v) is 5.81. The highest BCUT2D eigenvalue weighted by Gasteiger charge is 2.11. The fourth-order valence-electron chi connectivity index (χ4n) is 2.20. The highest BCUT2D eigenvalue weighted by molar-refractivity contribution is 6.29. The van der Waals surface area contributed by atoms with Gasteiger partial charge in [0.15, 0.2) is 0 Å². The molecule has 1 aromatic carbocycles. The average molecular weight is 333 g/mol. The van der Waals surface area contributed by atoms with Crippen LogP contribution in [0, 0.1) is 0 Å². The van der Waals surface area contributed by atoms with E-state index in [1.807, 2.05) is 25.1 Å². The summed E-state index contributed by atoms with van der Waals surface area (Å²) in [6.07, 6.45) is 1.56. The lowest BCUT2D eigenvalue weighted by atomic mass is 10.2. The molecule has 0 radical (unpaired) electrons. The van der Waals surface area contributed by atoms with Gasteiger partial charge in [-0.15, -0.1) is 0 Å². The quantitative estimate of drug-likeness (QED) is 0.765. The number of aromatic nitrogens is 4. The Labute approximate surface area is 138 Å². The fraction of sp³-hybridized carbons (Fsp3) is 0.267. The van der Waals surface area contributed by atoms with Crippen LogP contribution in [0.3, 0.4) is 0 Å². The van der Waals surface area contributed by atoms with Gasteiger partial charge in [-0.05, 0) is 18.2 Å². The summed E-state index contributed by atoms with van der Waals surface area (Å²) in [6.45, 7) is 0.312. The maximum absolute atomic E-state index is 12.3. The monoisotopic (exact) mass is 332 g/mol.